The summed E-state index contributed by atoms with van der Waals surface area (Å²) in [6.45, 7) is 3.61. The van der Waals surface area contributed by atoms with Crippen molar-refractivity contribution in [3.8, 4) is 27.9 Å². The lowest BCUT2D eigenvalue weighted by molar-refractivity contribution is -0.116. The number of ether oxygens (including phenoxy) is 1. The Labute approximate surface area is 204 Å². The minimum Gasteiger partial charge on any atom is -0.495 e. The van der Waals surface area contributed by atoms with Gasteiger partial charge in [0.2, 0.25) is 11.7 Å². The van der Waals surface area contributed by atoms with Crippen molar-refractivity contribution >= 4 is 33.1 Å². The van der Waals surface area contributed by atoms with Crippen molar-refractivity contribution in [2.75, 3.05) is 12.4 Å². The third kappa shape index (κ3) is 4.31. The van der Waals surface area contributed by atoms with Gasteiger partial charge in [0.25, 0.3) is 11.4 Å². The molecule has 0 bridgehead atoms. The van der Waals surface area contributed by atoms with E-state index in [9.17, 15) is 9.59 Å². The van der Waals surface area contributed by atoms with Crippen LogP contribution in [0, 0.1) is 13.8 Å². The maximum absolute atomic E-state index is 13.2. The minimum atomic E-state index is -0.370. The summed E-state index contributed by atoms with van der Waals surface area (Å²) in [4.78, 5) is 36.0. The fourth-order valence-electron chi connectivity index (χ4n) is 3.79. The lowest BCUT2D eigenvalue weighted by atomic mass is 10.1. The molecule has 0 unspecified atom stereocenters. The molecule has 176 valence electrons. The highest BCUT2D eigenvalue weighted by Crippen LogP contribution is 2.35. The molecular weight excluding hydrogens is 466 g/mol. The number of amides is 1. The van der Waals surface area contributed by atoms with Gasteiger partial charge in [-0.3, -0.25) is 14.2 Å². The predicted molar refractivity (Wildman–Crippen MR) is 134 cm³/mol. The number of hydrogen-bond donors (Lipinski definition) is 1. The van der Waals surface area contributed by atoms with Gasteiger partial charge in [-0.25, -0.2) is 4.98 Å². The summed E-state index contributed by atoms with van der Waals surface area (Å²) in [5, 5.41) is 7.30. The molecule has 1 amide bonds. The second-order valence-electron chi connectivity index (χ2n) is 7.96. The monoisotopic (exact) mass is 487 g/mol. The number of para-hydroxylation sites is 2. The van der Waals surface area contributed by atoms with Gasteiger partial charge in [0.05, 0.1) is 29.4 Å². The number of nitrogens with one attached hydrogen (secondary N) is 1. The number of anilines is 1. The standard InChI is InChI=1S/C25H21N5O4S/c1-14-7-6-8-16(11-14)22-28-23(34-29-22)21-15(2)20-24(35-21)26-13-30(25(20)32)12-19(31)27-17-9-4-5-10-18(17)33-3/h4-11,13H,12H2,1-3H3,(H,27,31). The third-order valence-electron chi connectivity index (χ3n) is 5.51. The zero-order chi connectivity index (χ0) is 24.5. The first-order valence-corrected chi connectivity index (χ1v) is 11.6. The smallest absolute Gasteiger partial charge is 0.268 e. The molecular formula is C25H21N5O4S. The molecule has 35 heavy (non-hydrogen) atoms. The summed E-state index contributed by atoms with van der Waals surface area (Å²) in [5.74, 6) is 0.955. The van der Waals surface area contributed by atoms with Gasteiger partial charge in [-0.05, 0) is 37.6 Å². The summed E-state index contributed by atoms with van der Waals surface area (Å²) in [6, 6.07) is 14.9. The Hall–Kier alpha value is -4.31. The first-order valence-electron chi connectivity index (χ1n) is 10.8. The second-order valence-corrected chi connectivity index (χ2v) is 8.95. The first-order chi connectivity index (χ1) is 16.9. The summed E-state index contributed by atoms with van der Waals surface area (Å²) in [6.07, 6.45) is 1.37. The molecule has 9 nitrogen and oxygen atoms in total. The Morgan fingerprint density at radius 3 is 2.80 bits per heavy atom. The average molecular weight is 488 g/mol. The Morgan fingerprint density at radius 1 is 1.17 bits per heavy atom. The molecule has 10 heteroatoms. The zero-order valence-corrected chi connectivity index (χ0v) is 20.0. The number of benzene rings is 2. The molecule has 3 heterocycles. The number of rotatable bonds is 6. The molecule has 0 atom stereocenters. The van der Waals surface area contributed by atoms with Gasteiger partial charge in [0, 0.05) is 5.56 Å². The maximum Gasteiger partial charge on any atom is 0.268 e. The van der Waals surface area contributed by atoms with E-state index in [1.54, 1.807) is 24.3 Å². The van der Waals surface area contributed by atoms with E-state index in [0.717, 1.165) is 11.1 Å². The molecule has 0 aliphatic heterocycles. The van der Waals surface area contributed by atoms with Crippen molar-refractivity contribution in [2.45, 2.75) is 20.4 Å². The van der Waals surface area contributed by atoms with Crippen molar-refractivity contribution in [2.24, 2.45) is 0 Å². The number of nitrogens with zero attached hydrogens (tertiary/aromatic N) is 4. The van der Waals surface area contributed by atoms with Crippen molar-refractivity contribution in [1.82, 2.24) is 19.7 Å². The number of thiophene rings is 1. The number of carbonyl (C=O) groups excluding carboxylic acids is 1. The van der Waals surface area contributed by atoms with Gasteiger partial charge in [-0.15, -0.1) is 11.3 Å². The SMILES string of the molecule is COc1ccccc1NC(=O)Cn1cnc2sc(-c3nc(-c4cccc(C)c4)no3)c(C)c2c1=O. The van der Waals surface area contributed by atoms with Crippen LogP contribution in [0.1, 0.15) is 11.1 Å². The lowest BCUT2D eigenvalue weighted by Gasteiger charge is -2.10. The van der Waals surface area contributed by atoms with E-state index in [-0.39, 0.29) is 18.0 Å². The fourth-order valence-corrected chi connectivity index (χ4v) is 4.85. The van der Waals surface area contributed by atoms with E-state index < -0.39 is 0 Å². The third-order valence-corrected chi connectivity index (χ3v) is 6.70. The van der Waals surface area contributed by atoms with E-state index in [1.807, 2.05) is 38.1 Å². The summed E-state index contributed by atoms with van der Waals surface area (Å²) in [5.41, 5.74) is 2.83. The Balaban J connectivity index is 1.44. The van der Waals surface area contributed by atoms with E-state index in [2.05, 4.69) is 20.4 Å². The van der Waals surface area contributed by atoms with Gasteiger partial charge in [0.1, 0.15) is 17.1 Å². The molecule has 2 aromatic carbocycles. The highest BCUT2D eigenvalue weighted by Gasteiger charge is 2.21. The van der Waals surface area contributed by atoms with Gasteiger partial charge in [-0.1, -0.05) is 41.1 Å². The molecule has 5 rings (SSSR count). The van der Waals surface area contributed by atoms with Crippen molar-refractivity contribution in [3.05, 3.63) is 76.3 Å². The quantitative estimate of drug-likeness (QED) is 0.377. The van der Waals surface area contributed by atoms with Crippen LogP contribution >= 0.6 is 11.3 Å². The molecule has 0 aliphatic rings. The van der Waals surface area contributed by atoms with Crippen LogP contribution in [0.4, 0.5) is 5.69 Å². The average Bonchev–Trinajstić information content (AvgIpc) is 3.46. The summed E-state index contributed by atoms with van der Waals surface area (Å²) >= 11 is 1.30. The van der Waals surface area contributed by atoms with Gasteiger partial charge in [0.15, 0.2) is 0 Å². The molecule has 0 saturated heterocycles. The Kier molecular flexibility index (Phi) is 5.87. The number of hydrogen-bond acceptors (Lipinski definition) is 8. The highest BCUT2D eigenvalue weighted by molar-refractivity contribution is 7.22. The van der Waals surface area contributed by atoms with Gasteiger partial charge >= 0.3 is 0 Å². The largest absolute Gasteiger partial charge is 0.495 e. The van der Waals surface area contributed by atoms with Crippen LogP contribution in [0.2, 0.25) is 0 Å². The Bertz CT molecular complexity index is 1620. The van der Waals surface area contributed by atoms with E-state index in [1.165, 1.54) is 29.3 Å². The van der Waals surface area contributed by atoms with E-state index in [0.29, 0.717) is 43.8 Å². The van der Waals surface area contributed by atoms with Crippen LogP contribution in [0.5, 0.6) is 5.75 Å². The van der Waals surface area contributed by atoms with Crippen molar-refractivity contribution < 1.29 is 14.1 Å². The number of aromatic nitrogens is 4. The number of fused-ring (bicyclic) bond motifs is 1. The van der Waals surface area contributed by atoms with Crippen LogP contribution in [-0.2, 0) is 11.3 Å². The number of aryl methyl sites for hydroxylation is 2. The summed E-state index contributed by atoms with van der Waals surface area (Å²) in [7, 11) is 1.53. The predicted octanol–water partition coefficient (Wildman–Crippen LogP) is 4.44. The van der Waals surface area contributed by atoms with Crippen LogP contribution < -0.4 is 15.6 Å². The molecule has 0 saturated carbocycles. The minimum absolute atomic E-state index is 0.192. The normalized spacial score (nSPS) is 11.1. The lowest BCUT2D eigenvalue weighted by Crippen LogP contribution is -2.28. The Morgan fingerprint density at radius 2 is 2.00 bits per heavy atom. The molecule has 3 aromatic heterocycles. The molecule has 1 N–H and O–H groups in total. The highest BCUT2D eigenvalue weighted by atomic mass is 32.1. The molecule has 0 spiro atoms. The molecule has 0 aliphatic carbocycles. The van der Waals surface area contributed by atoms with E-state index >= 15 is 0 Å². The van der Waals surface area contributed by atoms with Crippen molar-refractivity contribution in [1.29, 1.82) is 0 Å². The molecule has 0 fully saturated rings. The zero-order valence-electron chi connectivity index (χ0n) is 19.2. The molecule has 5 aromatic rings. The van der Waals surface area contributed by atoms with Crippen LogP contribution in [0.15, 0.2) is 64.2 Å². The first kappa shape index (κ1) is 22.5. The number of methoxy groups -OCH3 is 1. The van der Waals surface area contributed by atoms with Crippen LogP contribution in [0.25, 0.3) is 32.4 Å². The fraction of sp³-hybridized carbons (Fsp3) is 0.160. The van der Waals surface area contributed by atoms with Crippen LogP contribution in [-0.4, -0.2) is 32.7 Å². The van der Waals surface area contributed by atoms with E-state index in [4.69, 9.17) is 9.26 Å². The van der Waals surface area contributed by atoms with Crippen LogP contribution in [0.3, 0.4) is 0 Å². The summed E-state index contributed by atoms with van der Waals surface area (Å²) < 4.78 is 12.1. The van der Waals surface area contributed by atoms with Gasteiger partial charge < -0.3 is 14.6 Å². The second kappa shape index (κ2) is 9.15. The topological polar surface area (TPSA) is 112 Å². The van der Waals surface area contributed by atoms with Crippen molar-refractivity contribution in [3.63, 3.8) is 0 Å². The molecule has 0 radical (unpaired) electrons. The maximum atomic E-state index is 13.2. The number of carbonyl (C=O) groups is 1. The van der Waals surface area contributed by atoms with Gasteiger partial charge in [-0.2, -0.15) is 4.98 Å².